The first-order chi connectivity index (χ1) is 13.7. The van der Waals surface area contributed by atoms with Crippen molar-refractivity contribution in [3.05, 3.63) is 48.0 Å². The Morgan fingerprint density at radius 2 is 1.96 bits per heavy atom. The van der Waals surface area contributed by atoms with Gasteiger partial charge in [-0.15, -0.1) is 23.5 Å². The average Bonchev–Trinajstić information content (AvgIpc) is 3.25. The fraction of sp³-hybridized carbons (Fsp3) is 0.300. The predicted octanol–water partition coefficient (Wildman–Crippen LogP) is 3.50. The number of para-hydroxylation sites is 2. The third kappa shape index (κ3) is 3.93. The van der Waals surface area contributed by atoms with Gasteiger partial charge in [0, 0.05) is 11.5 Å². The highest BCUT2D eigenvalue weighted by Gasteiger charge is 2.28. The summed E-state index contributed by atoms with van der Waals surface area (Å²) in [6.07, 6.45) is 0. The Morgan fingerprint density at radius 1 is 1.18 bits per heavy atom. The smallest absolute Gasteiger partial charge is 0.331 e. The molecule has 0 radical (unpaired) electrons. The molecule has 6 nitrogen and oxygen atoms in total. The van der Waals surface area contributed by atoms with Gasteiger partial charge < -0.3 is 14.2 Å². The number of thioether (sulfide) groups is 2. The highest BCUT2D eigenvalue weighted by molar-refractivity contribution is 8.19. The number of ether oxygens (including phenoxy) is 3. The molecular formula is C20H19NO5S2. The maximum absolute atomic E-state index is 12.5. The van der Waals surface area contributed by atoms with Crippen LogP contribution in [0.15, 0.2) is 42.5 Å². The molecule has 2 heterocycles. The lowest BCUT2D eigenvalue weighted by molar-refractivity contribution is -0.134. The van der Waals surface area contributed by atoms with Crippen molar-refractivity contribution in [3.63, 3.8) is 0 Å². The first-order valence-corrected chi connectivity index (χ1v) is 10.9. The van der Waals surface area contributed by atoms with Crippen molar-refractivity contribution in [2.24, 2.45) is 0 Å². The average molecular weight is 418 g/mol. The first-order valence-electron chi connectivity index (χ1n) is 8.80. The van der Waals surface area contributed by atoms with E-state index in [4.69, 9.17) is 14.2 Å². The van der Waals surface area contributed by atoms with Crippen LogP contribution < -0.4 is 19.1 Å². The molecule has 146 valence electrons. The molecule has 0 aromatic heterocycles. The van der Waals surface area contributed by atoms with Gasteiger partial charge in [-0.05, 0) is 29.8 Å². The molecular weight excluding hydrogens is 398 g/mol. The number of carbonyl (C=O) groups excluding carboxylic acids is 2. The maximum Gasteiger partial charge on any atom is 0.331 e. The van der Waals surface area contributed by atoms with E-state index < -0.39 is 5.97 Å². The summed E-state index contributed by atoms with van der Waals surface area (Å²) in [5.74, 6) is 2.86. The predicted molar refractivity (Wildman–Crippen MR) is 111 cm³/mol. The van der Waals surface area contributed by atoms with Gasteiger partial charge in [0.05, 0.1) is 17.4 Å². The highest BCUT2D eigenvalue weighted by atomic mass is 32.2. The summed E-state index contributed by atoms with van der Waals surface area (Å²) in [4.78, 5) is 26.1. The van der Waals surface area contributed by atoms with Crippen LogP contribution in [0.3, 0.4) is 0 Å². The second-order valence-corrected chi connectivity index (χ2v) is 8.92. The van der Waals surface area contributed by atoms with Crippen LogP contribution in [0.4, 0.5) is 5.69 Å². The third-order valence-electron chi connectivity index (χ3n) is 4.40. The minimum atomic E-state index is -0.541. The monoisotopic (exact) mass is 417 g/mol. The van der Waals surface area contributed by atoms with Gasteiger partial charge in [0.25, 0.3) is 5.91 Å². The van der Waals surface area contributed by atoms with Crippen molar-refractivity contribution in [3.8, 4) is 17.2 Å². The van der Waals surface area contributed by atoms with E-state index in [1.807, 2.05) is 41.7 Å². The van der Waals surface area contributed by atoms with Crippen LogP contribution in [0.25, 0.3) is 0 Å². The number of anilines is 1. The summed E-state index contributed by atoms with van der Waals surface area (Å²) < 4.78 is 16.7. The topological polar surface area (TPSA) is 65.1 Å². The Balaban J connectivity index is 1.49. The van der Waals surface area contributed by atoms with Crippen molar-refractivity contribution in [2.75, 3.05) is 36.7 Å². The lowest BCUT2D eigenvalue weighted by Gasteiger charge is -2.28. The van der Waals surface area contributed by atoms with Crippen LogP contribution in [0.1, 0.15) is 10.1 Å². The molecule has 0 spiro atoms. The van der Waals surface area contributed by atoms with E-state index in [0.717, 1.165) is 17.1 Å². The van der Waals surface area contributed by atoms with Gasteiger partial charge in [-0.1, -0.05) is 18.2 Å². The molecule has 0 N–H and O–H groups in total. The molecule has 0 unspecified atom stereocenters. The van der Waals surface area contributed by atoms with Crippen molar-refractivity contribution in [1.29, 1.82) is 0 Å². The van der Waals surface area contributed by atoms with E-state index in [1.165, 1.54) is 4.90 Å². The molecule has 28 heavy (non-hydrogen) atoms. The molecule has 2 aromatic carbocycles. The number of esters is 1. The lowest BCUT2D eigenvalue weighted by Crippen LogP contribution is -2.43. The third-order valence-corrected chi connectivity index (χ3v) is 7.51. The number of benzene rings is 2. The lowest BCUT2D eigenvalue weighted by atomic mass is 10.2. The molecule has 1 amide bonds. The molecule has 8 heteroatoms. The molecule has 2 aliphatic rings. The van der Waals surface area contributed by atoms with Crippen LogP contribution in [0, 0.1) is 0 Å². The highest BCUT2D eigenvalue weighted by Crippen LogP contribution is 2.47. The number of hydrogen-bond donors (Lipinski definition) is 0. The quantitative estimate of drug-likeness (QED) is 0.545. The summed E-state index contributed by atoms with van der Waals surface area (Å²) in [5.41, 5.74) is 1.70. The largest absolute Gasteiger partial charge is 0.493 e. The number of methoxy groups -OCH3 is 1. The van der Waals surface area contributed by atoms with Crippen LogP contribution in [0.5, 0.6) is 17.2 Å². The van der Waals surface area contributed by atoms with Gasteiger partial charge in [-0.25, -0.2) is 4.79 Å². The zero-order valence-electron chi connectivity index (χ0n) is 15.3. The fourth-order valence-corrected chi connectivity index (χ4v) is 5.92. The van der Waals surface area contributed by atoms with Gasteiger partial charge in [-0.3, -0.25) is 9.69 Å². The van der Waals surface area contributed by atoms with Gasteiger partial charge in [0.1, 0.15) is 12.3 Å². The van der Waals surface area contributed by atoms with E-state index in [1.54, 1.807) is 31.4 Å². The Hall–Kier alpha value is -2.32. The van der Waals surface area contributed by atoms with Crippen LogP contribution in [-0.2, 0) is 9.59 Å². The standard InChI is InChI=1S/C20H19NO5S2/c1-24-17-10-13(20-27-8-9-28-20)6-7-16(17)26-19(23)11-21-14-4-2-3-5-15(14)25-12-18(21)22/h2-7,10,20H,8-9,11-12H2,1H3. The maximum atomic E-state index is 12.5. The SMILES string of the molecule is COc1cc(C2SCCS2)ccc1OC(=O)CN1C(=O)COc2ccccc21. The van der Waals surface area contributed by atoms with Gasteiger partial charge in [0.15, 0.2) is 18.1 Å². The van der Waals surface area contributed by atoms with Crippen molar-refractivity contribution in [2.45, 2.75) is 4.58 Å². The van der Waals surface area contributed by atoms with Crippen LogP contribution in [-0.4, -0.2) is 43.6 Å². The zero-order valence-corrected chi connectivity index (χ0v) is 16.9. The van der Waals surface area contributed by atoms with Gasteiger partial charge in [-0.2, -0.15) is 0 Å². The second kappa shape index (κ2) is 8.36. The summed E-state index contributed by atoms with van der Waals surface area (Å²) in [5, 5.41) is 0. The fourth-order valence-electron chi connectivity index (χ4n) is 3.08. The molecule has 0 bridgehead atoms. The number of rotatable bonds is 5. The second-order valence-electron chi connectivity index (χ2n) is 6.19. The molecule has 2 aliphatic heterocycles. The molecule has 1 saturated heterocycles. The van der Waals surface area contributed by atoms with Gasteiger partial charge >= 0.3 is 5.97 Å². The Labute approximate surface area is 171 Å². The summed E-state index contributed by atoms with van der Waals surface area (Å²) in [7, 11) is 1.55. The van der Waals surface area contributed by atoms with Crippen molar-refractivity contribution in [1.82, 2.24) is 0 Å². The Kier molecular flexibility index (Phi) is 5.68. The number of fused-ring (bicyclic) bond motifs is 1. The molecule has 0 aliphatic carbocycles. The normalized spacial score (nSPS) is 16.5. The summed E-state index contributed by atoms with van der Waals surface area (Å²) in [6, 6.07) is 12.7. The Morgan fingerprint density at radius 3 is 2.75 bits per heavy atom. The van der Waals surface area contributed by atoms with E-state index >= 15 is 0 Å². The minimum Gasteiger partial charge on any atom is -0.493 e. The molecule has 1 fully saturated rings. The zero-order chi connectivity index (χ0) is 19.5. The number of amides is 1. The number of carbonyl (C=O) groups is 2. The molecule has 4 rings (SSSR count). The van der Waals surface area contributed by atoms with E-state index in [0.29, 0.717) is 27.5 Å². The van der Waals surface area contributed by atoms with E-state index in [9.17, 15) is 9.59 Å². The first kappa shape index (κ1) is 19.0. The number of nitrogens with zero attached hydrogens (tertiary/aromatic N) is 1. The van der Waals surface area contributed by atoms with Crippen molar-refractivity contribution < 1.29 is 23.8 Å². The van der Waals surface area contributed by atoms with E-state index in [2.05, 4.69) is 0 Å². The molecule has 0 atom stereocenters. The molecule has 2 aromatic rings. The summed E-state index contributed by atoms with van der Waals surface area (Å²) >= 11 is 3.79. The van der Waals surface area contributed by atoms with Crippen LogP contribution in [0.2, 0.25) is 0 Å². The van der Waals surface area contributed by atoms with Crippen molar-refractivity contribution >= 4 is 41.1 Å². The Bertz CT molecular complexity index is 898. The summed E-state index contributed by atoms with van der Waals surface area (Å²) in [6.45, 7) is -0.294. The van der Waals surface area contributed by atoms with Crippen LogP contribution >= 0.6 is 23.5 Å². The van der Waals surface area contributed by atoms with E-state index in [-0.39, 0.29) is 19.1 Å². The number of hydrogen-bond acceptors (Lipinski definition) is 7. The minimum absolute atomic E-state index is 0.0982. The molecule has 0 saturated carbocycles. The van der Waals surface area contributed by atoms with Gasteiger partial charge in [0.2, 0.25) is 0 Å².